The van der Waals surface area contributed by atoms with Gasteiger partial charge in [0.15, 0.2) is 0 Å². The number of halogens is 1. The minimum atomic E-state index is 0.00952. The number of benzene rings is 2. The Morgan fingerprint density at radius 2 is 1.78 bits per heavy atom. The van der Waals surface area contributed by atoms with E-state index in [4.69, 9.17) is 0 Å². The Hall–Kier alpha value is -2.01. The van der Waals surface area contributed by atoms with Crippen molar-refractivity contribution in [2.75, 3.05) is 36.9 Å². The third kappa shape index (κ3) is 6.32. The molecule has 5 heteroatoms. The van der Waals surface area contributed by atoms with Crippen LogP contribution >= 0.6 is 15.9 Å². The lowest BCUT2D eigenvalue weighted by Crippen LogP contribution is -2.32. The Labute approximate surface area is 146 Å². The average Bonchev–Trinajstić information content (AvgIpc) is 2.59. The van der Waals surface area contributed by atoms with Gasteiger partial charge in [-0.25, -0.2) is 0 Å². The summed E-state index contributed by atoms with van der Waals surface area (Å²) in [6, 6.07) is 18.0. The zero-order chi connectivity index (χ0) is 16.5. The van der Waals surface area contributed by atoms with E-state index in [0.29, 0.717) is 6.54 Å². The summed E-state index contributed by atoms with van der Waals surface area (Å²) in [5.74, 6) is 0.00952. The van der Waals surface area contributed by atoms with Gasteiger partial charge < -0.3 is 15.5 Å². The Morgan fingerprint density at radius 3 is 2.48 bits per heavy atom. The molecule has 0 aliphatic carbocycles. The minimum absolute atomic E-state index is 0.00952. The van der Waals surface area contributed by atoms with Gasteiger partial charge in [0, 0.05) is 36.0 Å². The molecular weight excluding hydrogens is 354 g/mol. The second-order valence-corrected chi connectivity index (χ2v) is 6.24. The first-order valence-corrected chi connectivity index (χ1v) is 8.47. The molecule has 0 bridgehead atoms. The number of amides is 1. The smallest absolute Gasteiger partial charge is 0.239 e. The first-order chi connectivity index (χ1) is 11.1. The van der Waals surface area contributed by atoms with E-state index < -0.39 is 0 Å². The van der Waals surface area contributed by atoms with Gasteiger partial charge in [-0.2, -0.15) is 0 Å². The highest BCUT2D eigenvalue weighted by Gasteiger charge is 2.02. The van der Waals surface area contributed by atoms with Crippen molar-refractivity contribution in [1.29, 1.82) is 0 Å². The van der Waals surface area contributed by atoms with Crippen LogP contribution in [0.25, 0.3) is 0 Å². The first-order valence-electron chi connectivity index (χ1n) is 7.67. The van der Waals surface area contributed by atoms with E-state index >= 15 is 0 Å². The molecule has 0 heterocycles. The summed E-state index contributed by atoms with van der Waals surface area (Å²) in [4.78, 5) is 14.0. The zero-order valence-electron chi connectivity index (χ0n) is 13.3. The maximum absolute atomic E-state index is 11.8. The summed E-state index contributed by atoms with van der Waals surface area (Å²) in [6.07, 6.45) is 0.912. The molecule has 0 aromatic heterocycles. The molecule has 1 amide bonds. The van der Waals surface area contributed by atoms with Gasteiger partial charge in [-0.05, 0) is 42.8 Å². The van der Waals surface area contributed by atoms with Crippen molar-refractivity contribution in [2.24, 2.45) is 0 Å². The van der Waals surface area contributed by atoms with Crippen LogP contribution in [0.4, 0.5) is 11.4 Å². The van der Waals surface area contributed by atoms with Gasteiger partial charge in [0.05, 0.1) is 6.54 Å². The van der Waals surface area contributed by atoms with E-state index in [-0.39, 0.29) is 12.5 Å². The molecule has 2 aromatic rings. The monoisotopic (exact) mass is 375 g/mol. The summed E-state index contributed by atoms with van der Waals surface area (Å²) in [5.41, 5.74) is 2.13. The van der Waals surface area contributed by atoms with E-state index in [1.54, 1.807) is 0 Å². The second kappa shape index (κ2) is 9.20. The third-order valence-electron chi connectivity index (χ3n) is 3.49. The van der Waals surface area contributed by atoms with Gasteiger partial charge in [0.2, 0.25) is 5.91 Å². The van der Waals surface area contributed by atoms with Crippen LogP contribution in [0.5, 0.6) is 0 Å². The molecule has 0 atom stereocenters. The van der Waals surface area contributed by atoms with Crippen LogP contribution in [0.15, 0.2) is 59.1 Å². The van der Waals surface area contributed by atoms with Crippen molar-refractivity contribution in [1.82, 2.24) is 5.32 Å². The summed E-state index contributed by atoms with van der Waals surface area (Å²) in [6.45, 7) is 1.87. The van der Waals surface area contributed by atoms with Crippen molar-refractivity contribution in [2.45, 2.75) is 6.42 Å². The van der Waals surface area contributed by atoms with Crippen molar-refractivity contribution in [3.63, 3.8) is 0 Å². The standard InChI is InChI=1S/C18H22BrN3O/c1-22(17-6-3-2-4-7-17)13-5-12-20-18(23)14-21-16-10-8-15(19)9-11-16/h2-4,6-11,21H,5,12-14H2,1H3,(H,20,23). The number of carbonyl (C=O) groups is 1. The Bertz CT molecular complexity index is 601. The number of carbonyl (C=O) groups excluding carboxylic acids is 1. The maximum Gasteiger partial charge on any atom is 0.239 e. The molecule has 2 rings (SSSR count). The van der Waals surface area contributed by atoms with Crippen LogP contribution in [0, 0.1) is 0 Å². The lowest BCUT2D eigenvalue weighted by molar-refractivity contribution is -0.119. The van der Waals surface area contributed by atoms with Gasteiger partial charge in [-0.15, -0.1) is 0 Å². The number of nitrogens with zero attached hydrogens (tertiary/aromatic N) is 1. The van der Waals surface area contributed by atoms with Crippen LogP contribution in [0.1, 0.15) is 6.42 Å². The van der Waals surface area contributed by atoms with Crippen molar-refractivity contribution < 1.29 is 4.79 Å². The topological polar surface area (TPSA) is 44.4 Å². The molecule has 0 aliphatic heterocycles. The Morgan fingerprint density at radius 1 is 1.09 bits per heavy atom. The fraction of sp³-hybridized carbons (Fsp3) is 0.278. The van der Waals surface area contributed by atoms with Gasteiger partial charge in [-0.1, -0.05) is 34.1 Å². The Kier molecular flexibility index (Phi) is 6.94. The predicted octanol–water partition coefficient (Wildman–Crippen LogP) is 3.50. The normalized spacial score (nSPS) is 10.2. The fourth-order valence-corrected chi connectivity index (χ4v) is 2.43. The molecule has 0 spiro atoms. The van der Waals surface area contributed by atoms with Crippen LogP contribution in [0.3, 0.4) is 0 Å². The fourth-order valence-electron chi connectivity index (χ4n) is 2.17. The number of anilines is 2. The molecule has 0 unspecified atom stereocenters. The third-order valence-corrected chi connectivity index (χ3v) is 4.02. The molecule has 2 N–H and O–H groups in total. The lowest BCUT2D eigenvalue weighted by Gasteiger charge is -2.19. The quantitative estimate of drug-likeness (QED) is 0.693. The molecule has 0 aliphatic rings. The summed E-state index contributed by atoms with van der Waals surface area (Å²) >= 11 is 3.39. The van der Waals surface area contributed by atoms with Crippen LogP contribution in [-0.4, -0.2) is 32.6 Å². The number of hydrogen-bond donors (Lipinski definition) is 2. The zero-order valence-corrected chi connectivity index (χ0v) is 14.8. The molecule has 122 valence electrons. The highest BCUT2D eigenvalue weighted by Crippen LogP contribution is 2.13. The summed E-state index contributed by atoms with van der Waals surface area (Å²) in [5, 5.41) is 6.04. The van der Waals surface area contributed by atoms with Crippen molar-refractivity contribution in [3.05, 3.63) is 59.1 Å². The second-order valence-electron chi connectivity index (χ2n) is 5.32. The highest BCUT2D eigenvalue weighted by atomic mass is 79.9. The Balaban J connectivity index is 1.60. The molecule has 0 fully saturated rings. The first kappa shape index (κ1) is 17.3. The van der Waals surface area contributed by atoms with E-state index in [0.717, 1.165) is 23.1 Å². The molecular formula is C18H22BrN3O. The average molecular weight is 376 g/mol. The lowest BCUT2D eigenvalue weighted by atomic mass is 10.3. The number of para-hydroxylation sites is 1. The molecule has 0 radical (unpaired) electrons. The van der Waals surface area contributed by atoms with Crippen molar-refractivity contribution in [3.8, 4) is 0 Å². The van der Waals surface area contributed by atoms with E-state index in [9.17, 15) is 4.79 Å². The minimum Gasteiger partial charge on any atom is -0.376 e. The molecule has 0 saturated heterocycles. The largest absolute Gasteiger partial charge is 0.376 e. The predicted molar refractivity (Wildman–Crippen MR) is 100.0 cm³/mol. The molecule has 2 aromatic carbocycles. The van der Waals surface area contributed by atoms with Gasteiger partial charge >= 0.3 is 0 Å². The van der Waals surface area contributed by atoms with E-state index in [2.05, 4.69) is 50.6 Å². The summed E-state index contributed by atoms with van der Waals surface area (Å²) in [7, 11) is 2.06. The SMILES string of the molecule is CN(CCCNC(=O)CNc1ccc(Br)cc1)c1ccccc1. The molecule has 23 heavy (non-hydrogen) atoms. The van der Waals surface area contributed by atoms with Gasteiger partial charge in [0.25, 0.3) is 0 Å². The van der Waals surface area contributed by atoms with Crippen LogP contribution in [-0.2, 0) is 4.79 Å². The number of nitrogens with one attached hydrogen (secondary N) is 2. The van der Waals surface area contributed by atoms with E-state index in [1.165, 1.54) is 5.69 Å². The van der Waals surface area contributed by atoms with Crippen LogP contribution < -0.4 is 15.5 Å². The van der Waals surface area contributed by atoms with Crippen molar-refractivity contribution >= 4 is 33.2 Å². The number of rotatable bonds is 8. The summed E-state index contributed by atoms with van der Waals surface area (Å²) < 4.78 is 1.02. The van der Waals surface area contributed by atoms with E-state index in [1.807, 2.05) is 42.5 Å². The van der Waals surface area contributed by atoms with Gasteiger partial charge in [0.1, 0.15) is 0 Å². The highest BCUT2D eigenvalue weighted by molar-refractivity contribution is 9.10. The number of hydrogen-bond acceptors (Lipinski definition) is 3. The van der Waals surface area contributed by atoms with Crippen LogP contribution in [0.2, 0.25) is 0 Å². The molecule has 0 saturated carbocycles. The maximum atomic E-state index is 11.8. The molecule has 4 nitrogen and oxygen atoms in total. The van der Waals surface area contributed by atoms with Gasteiger partial charge in [-0.3, -0.25) is 4.79 Å².